The summed E-state index contributed by atoms with van der Waals surface area (Å²) in [6.45, 7) is 7.62. The van der Waals surface area contributed by atoms with Crippen molar-refractivity contribution in [2.75, 3.05) is 23.4 Å². The van der Waals surface area contributed by atoms with Gasteiger partial charge in [-0.1, -0.05) is 6.07 Å². The predicted molar refractivity (Wildman–Crippen MR) is 92.6 cm³/mol. The van der Waals surface area contributed by atoms with Crippen molar-refractivity contribution in [1.29, 1.82) is 0 Å². The van der Waals surface area contributed by atoms with Crippen LogP contribution in [0.4, 0.5) is 21.0 Å². The standard InChI is InChI=1S/C17H23N3O5/c1-11(14(21)25-17(2,3)4)18-15(22)19-12-6-5-7-13(10-12)20-8-9-24-16(20)23/h5-7,10-11H,8-9H2,1-4H3,(H2,18,19,22)/t11-/m0/s1. The van der Waals surface area contributed by atoms with Crippen molar-refractivity contribution in [3.8, 4) is 0 Å². The van der Waals surface area contributed by atoms with Crippen LogP contribution in [0, 0.1) is 0 Å². The van der Waals surface area contributed by atoms with Crippen LogP contribution in [0.25, 0.3) is 0 Å². The summed E-state index contributed by atoms with van der Waals surface area (Å²) >= 11 is 0. The molecule has 2 N–H and O–H groups in total. The molecule has 0 aromatic heterocycles. The van der Waals surface area contributed by atoms with Crippen LogP contribution >= 0.6 is 0 Å². The summed E-state index contributed by atoms with van der Waals surface area (Å²) in [5, 5.41) is 5.15. The number of urea groups is 1. The summed E-state index contributed by atoms with van der Waals surface area (Å²) in [5.74, 6) is -0.517. The lowest BCUT2D eigenvalue weighted by Gasteiger charge is -2.22. The van der Waals surface area contributed by atoms with Crippen LogP contribution in [0.2, 0.25) is 0 Å². The Morgan fingerprint density at radius 2 is 2.04 bits per heavy atom. The minimum atomic E-state index is -0.795. The molecule has 0 radical (unpaired) electrons. The fourth-order valence-electron chi connectivity index (χ4n) is 2.19. The Hall–Kier alpha value is -2.77. The molecule has 1 atom stereocenters. The SMILES string of the molecule is C[C@H](NC(=O)Nc1cccc(N2CCOC2=O)c1)C(=O)OC(C)(C)C. The molecule has 1 aliphatic heterocycles. The summed E-state index contributed by atoms with van der Waals surface area (Å²) in [4.78, 5) is 37.0. The lowest BCUT2D eigenvalue weighted by Crippen LogP contribution is -2.44. The maximum Gasteiger partial charge on any atom is 0.414 e. The van der Waals surface area contributed by atoms with E-state index in [2.05, 4.69) is 10.6 Å². The third-order valence-electron chi connectivity index (χ3n) is 3.28. The van der Waals surface area contributed by atoms with Crippen molar-refractivity contribution in [3.63, 3.8) is 0 Å². The number of esters is 1. The van der Waals surface area contributed by atoms with Gasteiger partial charge in [0, 0.05) is 11.4 Å². The number of rotatable bonds is 4. The molecule has 1 aliphatic rings. The number of nitrogens with zero attached hydrogens (tertiary/aromatic N) is 1. The molecule has 0 spiro atoms. The Morgan fingerprint density at radius 1 is 1.32 bits per heavy atom. The number of amides is 3. The number of benzene rings is 1. The minimum absolute atomic E-state index is 0.338. The summed E-state index contributed by atoms with van der Waals surface area (Å²) < 4.78 is 10.1. The molecule has 8 heteroatoms. The highest BCUT2D eigenvalue weighted by molar-refractivity contribution is 5.94. The van der Waals surface area contributed by atoms with Gasteiger partial charge >= 0.3 is 18.1 Å². The van der Waals surface area contributed by atoms with Gasteiger partial charge in [-0.05, 0) is 45.9 Å². The molecule has 1 aromatic rings. The van der Waals surface area contributed by atoms with E-state index in [-0.39, 0.29) is 0 Å². The molecule has 1 fully saturated rings. The van der Waals surface area contributed by atoms with E-state index in [9.17, 15) is 14.4 Å². The van der Waals surface area contributed by atoms with Gasteiger partial charge in [0.05, 0.1) is 6.54 Å². The zero-order chi connectivity index (χ0) is 18.6. The number of anilines is 2. The lowest BCUT2D eigenvalue weighted by atomic mass is 10.2. The highest BCUT2D eigenvalue weighted by atomic mass is 16.6. The van der Waals surface area contributed by atoms with Crippen molar-refractivity contribution in [2.24, 2.45) is 0 Å². The first-order chi connectivity index (χ1) is 11.7. The van der Waals surface area contributed by atoms with Crippen LogP contribution in [-0.4, -0.2) is 42.9 Å². The molecule has 25 heavy (non-hydrogen) atoms. The first-order valence-electron chi connectivity index (χ1n) is 8.00. The summed E-state index contributed by atoms with van der Waals surface area (Å²) in [6, 6.07) is 5.47. The van der Waals surface area contributed by atoms with Gasteiger partial charge in [0.2, 0.25) is 0 Å². The van der Waals surface area contributed by atoms with E-state index in [4.69, 9.17) is 9.47 Å². The molecule has 0 bridgehead atoms. The minimum Gasteiger partial charge on any atom is -0.458 e. The first kappa shape index (κ1) is 18.6. The number of cyclic esters (lactones) is 1. The molecule has 3 amide bonds. The van der Waals surface area contributed by atoms with E-state index in [0.717, 1.165) is 0 Å². The largest absolute Gasteiger partial charge is 0.458 e. The van der Waals surface area contributed by atoms with Crippen LogP contribution in [-0.2, 0) is 14.3 Å². The average molecular weight is 349 g/mol. The molecule has 136 valence electrons. The molecule has 8 nitrogen and oxygen atoms in total. The van der Waals surface area contributed by atoms with Crippen molar-refractivity contribution in [3.05, 3.63) is 24.3 Å². The van der Waals surface area contributed by atoms with Gasteiger partial charge < -0.3 is 20.1 Å². The highest BCUT2D eigenvalue weighted by Gasteiger charge is 2.25. The maximum absolute atomic E-state index is 12.1. The molecular formula is C17H23N3O5. The molecular weight excluding hydrogens is 326 g/mol. The number of nitrogens with one attached hydrogen (secondary N) is 2. The van der Waals surface area contributed by atoms with Crippen molar-refractivity contribution < 1.29 is 23.9 Å². The van der Waals surface area contributed by atoms with Crippen LogP contribution in [0.3, 0.4) is 0 Å². The Balaban J connectivity index is 1.94. The van der Waals surface area contributed by atoms with Crippen LogP contribution in [0.15, 0.2) is 24.3 Å². The predicted octanol–water partition coefficient (Wildman–Crippen LogP) is 2.49. The molecule has 0 unspecified atom stereocenters. The zero-order valence-corrected chi connectivity index (χ0v) is 14.8. The van der Waals surface area contributed by atoms with E-state index in [1.807, 2.05) is 0 Å². The molecule has 0 aliphatic carbocycles. The smallest absolute Gasteiger partial charge is 0.414 e. The highest BCUT2D eigenvalue weighted by Crippen LogP contribution is 2.22. The summed E-state index contributed by atoms with van der Waals surface area (Å²) in [6.07, 6.45) is -0.417. The van der Waals surface area contributed by atoms with Gasteiger partial charge in [-0.15, -0.1) is 0 Å². The number of carbonyl (C=O) groups excluding carboxylic acids is 3. The second-order valence-electron chi connectivity index (χ2n) is 6.67. The fraction of sp³-hybridized carbons (Fsp3) is 0.471. The van der Waals surface area contributed by atoms with Gasteiger partial charge in [0.25, 0.3) is 0 Å². The number of ether oxygens (including phenoxy) is 2. The van der Waals surface area contributed by atoms with Crippen molar-refractivity contribution in [2.45, 2.75) is 39.3 Å². The van der Waals surface area contributed by atoms with E-state index in [1.54, 1.807) is 52.0 Å². The van der Waals surface area contributed by atoms with E-state index in [0.29, 0.717) is 24.5 Å². The lowest BCUT2D eigenvalue weighted by molar-refractivity contribution is -0.156. The van der Waals surface area contributed by atoms with Gasteiger partial charge in [-0.2, -0.15) is 0 Å². The monoisotopic (exact) mass is 349 g/mol. The van der Waals surface area contributed by atoms with E-state index in [1.165, 1.54) is 4.90 Å². The average Bonchev–Trinajstić information content (AvgIpc) is 2.91. The Morgan fingerprint density at radius 3 is 2.64 bits per heavy atom. The Bertz CT molecular complexity index is 668. The van der Waals surface area contributed by atoms with E-state index >= 15 is 0 Å². The van der Waals surface area contributed by atoms with Crippen LogP contribution in [0.1, 0.15) is 27.7 Å². The summed E-state index contributed by atoms with van der Waals surface area (Å²) in [5.41, 5.74) is 0.494. The van der Waals surface area contributed by atoms with Crippen molar-refractivity contribution in [1.82, 2.24) is 5.32 Å². The van der Waals surface area contributed by atoms with Crippen molar-refractivity contribution >= 4 is 29.5 Å². The van der Waals surface area contributed by atoms with Crippen LogP contribution < -0.4 is 15.5 Å². The third kappa shape index (κ3) is 5.37. The fourth-order valence-corrected chi connectivity index (χ4v) is 2.19. The van der Waals surface area contributed by atoms with Gasteiger partial charge in [0.1, 0.15) is 18.2 Å². The molecule has 1 saturated heterocycles. The maximum atomic E-state index is 12.1. The molecule has 2 rings (SSSR count). The Kier molecular flexibility index (Phi) is 5.51. The van der Waals surface area contributed by atoms with Gasteiger partial charge in [-0.3, -0.25) is 4.90 Å². The van der Waals surface area contributed by atoms with Gasteiger partial charge in [-0.25, -0.2) is 14.4 Å². The van der Waals surface area contributed by atoms with Crippen LogP contribution in [0.5, 0.6) is 0 Å². The second-order valence-corrected chi connectivity index (χ2v) is 6.67. The van der Waals surface area contributed by atoms with E-state index < -0.39 is 29.7 Å². The number of hydrogen-bond donors (Lipinski definition) is 2. The second kappa shape index (κ2) is 7.42. The topological polar surface area (TPSA) is 97.0 Å². The quantitative estimate of drug-likeness (QED) is 0.814. The summed E-state index contributed by atoms with van der Waals surface area (Å²) in [7, 11) is 0. The molecule has 0 saturated carbocycles. The third-order valence-corrected chi connectivity index (χ3v) is 3.28. The molecule has 1 aromatic carbocycles. The first-order valence-corrected chi connectivity index (χ1v) is 8.00. The number of hydrogen-bond acceptors (Lipinski definition) is 5. The van der Waals surface area contributed by atoms with Gasteiger partial charge in [0.15, 0.2) is 0 Å². The zero-order valence-electron chi connectivity index (χ0n) is 14.8. The molecule has 1 heterocycles. The normalized spacial score (nSPS) is 15.4. The number of carbonyl (C=O) groups is 3. The Labute approximate surface area is 146 Å².